The molecule has 1 aliphatic rings. The summed E-state index contributed by atoms with van der Waals surface area (Å²) in [5.74, 6) is -0.731. The first-order valence-electron chi connectivity index (χ1n) is 8.95. The lowest BCUT2D eigenvalue weighted by molar-refractivity contribution is -0.149. The van der Waals surface area contributed by atoms with Crippen LogP contribution in [0.4, 0.5) is 0 Å². The van der Waals surface area contributed by atoms with Crippen LogP contribution >= 0.6 is 0 Å². The molecular weight excluding hydrogens is 320 g/mol. The molecule has 1 fully saturated rings. The third-order valence-electron chi connectivity index (χ3n) is 4.53. The van der Waals surface area contributed by atoms with Crippen LogP contribution in [0, 0.1) is 0 Å². The number of rotatable bonds is 5. The minimum absolute atomic E-state index is 0.0583. The minimum Gasteiger partial charge on any atom is -0.454 e. The van der Waals surface area contributed by atoms with Crippen LogP contribution in [0.3, 0.4) is 0 Å². The molecule has 25 heavy (non-hydrogen) atoms. The number of hydrogen-bond acceptors (Lipinski definition) is 5. The number of ether oxygens (including phenoxy) is 1. The maximum absolute atomic E-state index is 12.0. The van der Waals surface area contributed by atoms with Gasteiger partial charge in [0, 0.05) is 6.04 Å². The highest BCUT2D eigenvalue weighted by molar-refractivity contribution is 5.81. The lowest BCUT2D eigenvalue weighted by Gasteiger charge is -2.20. The van der Waals surface area contributed by atoms with Crippen LogP contribution in [0.2, 0.25) is 0 Å². The second-order valence-electron chi connectivity index (χ2n) is 6.51. The zero-order chi connectivity index (χ0) is 17.5. The Morgan fingerprint density at radius 1 is 1.12 bits per heavy atom. The lowest BCUT2D eigenvalue weighted by atomic mass is 9.97. The summed E-state index contributed by atoms with van der Waals surface area (Å²) < 4.78 is 6.56. The number of hydrogen-bond donors (Lipinski definition) is 1. The van der Waals surface area contributed by atoms with E-state index < -0.39 is 5.97 Å². The topological polar surface area (TPSA) is 86.1 Å². The molecule has 1 N–H and O–H groups in total. The Morgan fingerprint density at radius 3 is 2.64 bits per heavy atom. The van der Waals surface area contributed by atoms with Gasteiger partial charge in [0.05, 0.1) is 5.52 Å². The third kappa shape index (κ3) is 5.01. The van der Waals surface area contributed by atoms with Crippen molar-refractivity contribution in [3.05, 3.63) is 24.3 Å². The highest BCUT2D eigenvalue weighted by Crippen LogP contribution is 2.17. The highest BCUT2D eigenvalue weighted by Gasteiger charge is 2.16. The summed E-state index contributed by atoms with van der Waals surface area (Å²) in [6.45, 7) is -0.306. The fraction of sp³-hybridized carbons (Fsp3) is 0.556. The van der Waals surface area contributed by atoms with Gasteiger partial charge in [0.15, 0.2) is 6.61 Å². The molecule has 1 amide bonds. The first-order chi connectivity index (χ1) is 12.2. The van der Waals surface area contributed by atoms with Gasteiger partial charge in [0.1, 0.15) is 12.1 Å². The molecule has 134 valence electrons. The molecule has 2 aromatic rings. The Labute approximate surface area is 146 Å². The van der Waals surface area contributed by atoms with Crippen molar-refractivity contribution in [2.45, 2.75) is 57.5 Å². The Hall–Kier alpha value is -2.44. The molecule has 0 atom stereocenters. The van der Waals surface area contributed by atoms with E-state index in [-0.39, 0.29) is 25.1 Å². The smallest absolute Gasteiger partial charge is 0.328 e. The number of nitrogens with zero attached hydrogens (tertiary/aromatic N) is 3. The zero-order valence-corrected chi connectivity index (χ0v) is 14.3. The summed E-state index contributed by atoms with van der Waals surface area (Å²) in [6, 6.07) is 7.58. The molecule has 0 spiro atoms. The van der Waals surface area contributed by atoms with Crippen LogP contribution in [0.15, 0.2) is 24.3 Å². The van der Waals surface area contributed by atoms with Crippen LogP contribution in [-0.2, 0) is 20.9 Å². The Balaban J connectivity index is 1.44. The van der Waals surface area contributed by atoms with E-state index in [0.29, 0.717) is 0 Å². The highest BCUT2D eigenvalue weighted by atomic mass is 16.5. The molecular formula is C18H24N4O3. The predicted molar refractivity (Wildman–Crippen MR) is 92.7 cm³/mol. The number of para-hydroxylation sites is 1. The van der Waals surface area contributed by atoms with E-state index in [9.17, 15) is 9.59 Å². The number of benzene rings is 1. The van der Waals surface area contributed by atoms with Crippen molar-refractivity contribution in [1.29, 1.82) is 0 Å². The number of aromatic nitrogens is 3. The monoisotopic (exact) mass is 344 g/mol. The SMILES string of the molecule is O=C(COC(=O)Cn1nnc2ccccc21)NC1CCCCCCC1. The molecule has 3 rings (SSSR count). The van der Waals surface area contributed by atoms with Crippen LogP contribution < -0.4 is 5.32 Å². The third-order valence-corrected chi connectivity index (χ3v) is 4.53. The number of carbonyl (C=O) groups excluding carboxylic acids is 2. The van der Waals surface area contributed by atoms with Gasteiger partial charge in [-0.05, 0) is 25.0 Å². The number of carbonyl (C=O) groups is 2. The largest absolute Gasteiger partial charge is 0.454 e. The van der Waals surface area contributed by atoms with E-state index in [1.807, 2.05) is 24.3 Å². The minimum atomic E-state index is -0.497. The normalized spacial score (nSPS) is 16.2. The first-order valence-corrected chi connectivity index (χ1v) is 8.95. The zero-order valence-electron chi connectivity index (χ0n) is 14.3. The van der Waals surface area contributed by atoms with Gasteiger partial charge in [0.2, 0.25) is 0 Å². The fourth-order valence-electron chi connectivity index (χ4n) is 3.22. The van der Waals surface area contributed by atoms with Crippen molar-refractivity contribution in [2.75, 3.05) is 6.61 Å². The van der Waals surface area contributed by atoms with Crippen molar-refractivity contribution in [3.63, 3.8) is 0 Å². The number of nitrogens with one attached hydrogen (secondary N) is 1. The quantitative estimate of drug-likeness (QED) is 0.841. The summed E-state index contributed by atoms with van der Waals surface area (Å²) in [4.78, 5) is 24.0. The second kappa shape index (κ2) is 8.60. The van der Waals surface area contributed by atoms with E-state index in [1.54, 1.807) is 0 Å². The van der Waals surface area contributed by atoms with Gasteiger partial charge in [-0.1, -0.05) is 49.5 Å². The molecule has 0 saturated heterocycles. The van der Waals surface area contributed by atoms with E-state index in [1.165, 1.54) is 23.9 Å². The van der Waals surface area contributed by atoms with Gasteiger partial charge in [-0.25, -0.2) is 4.68 Å². The molecule has 1 aromatic heterocycles. The standard InChI is InChI=1S/C18H24N4O3/c23-17(19-14-8-4-2-1-3-5-9-14)13-25-18(24)12-22-16-11-7-6-10-15(16)20-21-22/h6-7,10-11,14H,1-5,8-9,12-13H2,(H,19,23). The van der Waals surface area contributed by atoms with Gasteiger partial charge in [-0.15, -0.1) is 5.10 Å². The van der Waals surface area contributed by atoms with Crippen LogP contribution in [0.1, 0.15) is 44.9 Å². The fourth-order valence-corrected chi connectivity index (χ4v) is 3.22. The van der Waals surface area contributed by atoms with Crippen molar-refractivity contribution in [2.24, 2.45) is 0 Å². The van der Waals surface area contributed by atoms with Gasteiger partial charge < -0.3 is 10.1 Å². The maximum Gasteiger partial charge on any atom is 0.328 e. The summed E-state index contributed by atoms with van der Waals surface area (Å²) >= 11 is 0. The van der Waals surface area contributed by atoms with E-state index in [4.69, 9.17) is 4.74 Å². The van der Waals surface area contributed by atoms with Crippen LogP contribution in [-0.4, -0.2) is 39.5 Å². The molecule has 0 bridgehead atoms. The average molecular weight is 344 g/mol. The van der Waals surface area contributed by atoms with Crippen molar-refractivity contribution in [1.82, 2.24) is 20.3 Å². The Kier molecular flexibility index (Phi) is 5.98. The number of fused-ring (bicyclic) bond motifs is 1. The average Bonchev–Trinajstić information content (AvgIpc) is 2.98. The molecule has 1 saturated carbocycles. The van der Waals surface area contributed by atoms with E-state index in [0.717, 1.165) is 36.7 Å². The molecule has 7 heteroatoms. The summed E-state index contributed by atoms with van der Waals surface area (Å²) in [5, 5.41) is 10.9. The van der Waals surface area contributed by atoms with Crippen molar-refractivity contribution >= 4 is 22.9 Å². The van der Waals surface area contributed by atoms with Crippen molar-refractivity contribution < 1.29 is 14.3 Å². The molecule has 0 unspecified atom stereocenters. The van der Waals surface area contributed by atoms with Crippen molar-refractivity contribution in [3.8, 4) is 0 Å². The van der Waals surface area contributed by atoms with E-state index >= 15 is 0 Å². The number of amides is 1. The van der Waals surface area contributed by atoms with Gasteiger partial charge >= 0.3 is 5.97 Å². The molecule has 0 radical (unpaired) electrons. The van der Waals surface area contributed by atoms with E-state index in [2.05, 4.69) is 15.6 Å². The van der Waals surface area contributed by atoms with Crippen LogP contribution in [0.5, 0.6) is 0 Å². The van der Waals surface area contributed by atoms with Gasteiger partial charge in [0.25, 0.3) is 5.91 Å². The van der Waals surface area contributed by atoms with Gasteiger partial charge in [-0.2, -0.15) is 0 Å². The lowest BCUT2D eigenvalue weighted by Crippen LogP contribution is -2.38. The summed E-state index contributed by atoms with van der Waals surface area (Å²) in [7, 11) is 0. The molecule has 0 aliphatic heterocycles. The first kappa shape index (κ1) is 17.4. The molecule has 1 aliphatic carbocycles. The van der Waals surface area contributed by atoms with Crippen LogP contribution in [0.25, 0.3) is 11.0 Å². The Morgan fingerprint density at radius 2 is 1.84 bits per heavy atom. The van der Waals surface area contributed by atoms with Gasteiger partial charge in [-0.3, -0.25) is 9.59 Å². The Bertz CT molecular complexity index is 720. The predicted octanol–water partition coefficient (Wildman–Crippen LogP) is 2.20. The second-order valence-corrected chi connectivity index (χ2v) is 6.51. The molecule has 1 heterocycles. The summed E-state index contributed by atoms with van der Waals surface area (Å²) in [6.07, 6.45) is 8.04. The molecule has 7 nitrogen and oxygen atoms in total. The maximum atomic E-state index is 12.0. The summed E-state index contributed by atoms with van der Waals surface area (Å²) in [5.41, 5.74) is 1.48. The number of esters is 1. The molecule has 1 aromatic carbocycles.